The lowest BCUT2D eigenvalue weighted by Crippen LogP contribution is -2.42. The highest BCUT2D eigenvalue weighted by Gasteiger charge is 2.27. The average Bonchev–Trinajstić information content (AvgIpc) is 2.78. The summed E-state index contributed by atoms with van der Waals surface area (Å²) in [5.74, 6) is 0.335. The average molecular weight is 419 g/mol. The van der Waals surface area contributed by atoms with Crippen LogP contribution in [0.2, 0.25) is 5.02 Å². The minimum absolute atomic E-state index is 0.335. The molecule has 0 saturated heterocycles. The van der Waals surface area contributed by atoms with Gasteiger partial charge in [0.1, 0.15) is 0 Å². The Morgan fingerprint density at radius 1 is 0.800 bits per heavy atom. The van der Waals surface area contributed by atoms with Crippen molar-refractivity contribution in [2.24, 2.45) is 5.73 Å². The number of halogens is 1. The van der Waals surface area contributed by atoms with Gasteiger partial charge < -0.3 is 5.73 Å². The summed E-state index contributed by atoms with van der Waals surface area (Å²) < 4.78 is 0. The molecular weight excluding hydrogens is 388 g/mol. The molecule has 3 aromatic carbocycles. The van der Waals surface area contributed by atoms with Crippen LogP contribution in [0.4, 0.5) is 0 Å². The predicted molar refractivity (Wildman–Crippen MR) is 127 cm³/mol. The molecule has 1 saturated carbocycles. The molecule has 30 heavy (non-hydrogen) atoms. The van der Waals surface area contributed by atoms with Crippen molar-refractivity contribution in [2.45, 2.75) is 50.2 Å². The lowest BCUT2D eigenvalue weighted by atomic mass is 9.87. The van der Waals surface area contributed by atoms with E-state index in [1.807, 2.05) is 6.07 Å². The maximum absolute atomic E-state index is 6.30. The second-order valence-electron chi connectivity index (χ2n) is 8.50. The molecule has 1 aliphatic rings. The van der Waals surface area contributed by atoms with E-state index in [0.717, 1.165) is 43.8 Å². The predicted octanol–water partition coefficient (Wildman–Crippen LogP) is 6.24. The molecule has 1 fully saturated rings. The second kappa shape index (κ2) is 10.3. The van der Waals surface area contributed by atoms with E-state index < -0.39 is 0 Å². The van der Waals surface area contributed by atoms with Crippen LogP contribution in [0.3, 0.4) is 0 Å². The maximum Gasteiger partial charge on any atom is 0.0409 e. The van der Waals surface area contributed by atoms with E-state index in [1.54, 1.807) is 0 Å². The molecule has 2 N–H and O–H groups in total. The number of benzene rings is 3. The van der Waals surface area contributed by atoms with Crippen molar-refractivity contribution in [2.75, 3.05) is 6.54 Å². The Kier molecular flexibility index (Phi) is 7.22. The highest BCUT2D eigenvalue weighted by molar-refractivity contribution is 6.30. The van der Waals surface area contributed by atoms with E-state index in [-0.39, 0.29) is 0 Å². The van der Waals surface area contributed by atoms with Crippen LogP contribution < -0.4 is 5.73 Å². The lowest BCUT2D eigenvalue weighted by molar-refractivity contribution is 0.137. The van der Waals surface area contributed by atoms with Gasteiger partial charge in [-0.25, -0.2) is 0 Å². The summed E-state index contributed by atoms with van der Waals surface area (Å²) in [4.78, 5) is 2.67. The number of nitrogens with zero attached hydrogens (tertiary/aromatic N) is 1. The van der Waals surface area contributed by atoms with Crippen LogP contribution in [0, 0.1) is 0 Å². The van der Waals surface area contributed by atoms with Gasteiger partial charge >= 0.3 is 0 Å². The van der Waals surface area contributed by atoms with Gasteiger partial charge in [-0.1, -0.05) is 84.4 Å². The first-order valence-corrected chi connectivity index (χ1v) is 11.4. The SMILES string of the molecule is NC1CCC(N(Cc2cccc(Cl)c2)CC(c2ccccc2)c2ccccc2)CC1. The molecule has 3 aromatic rings. The van der Waals surface area contributed by atoms with Crippen molar-refractivity contribution in [1.82, 2.24) is 4.90 Å². The summed E-state index contributed by atoms with van der Waals surface area (Å²) in [5, 5.41) is 0.806. The zero-order valence-electron chi connectivity index (χ0n) is 17.5. The fraction of sp³-hybridized carbons (Fsp3) is 0.333. The van der Waals surface area contributed by atoms with Crippen LogP contribution in [0.25, 0.3) is 0 Å². The van der Waals surface area contributed by atoms with Crippen molar-refractivity contribution in [3.8, 4) is 0 Å². The normalized spacial score (nSPS) is 19.3. The van der Waals surface area contributed by atoms with Crippen molar-refractivity contribution >= 4 is 11.6 Å². The van der Waals surface area contributed by atoms with E-state index in [1.165, 1.54) is 16.7 Å². The van der Waals surface area contributed by atoms with Crippen LogP contribution in [0.5, 0.6) is 0 Å². The molecule has 3 heteroatoms. The Morgan fingerprint density at radius 2 is 1.40 bits per heavy atom. The Bertz CT molecular complexity index is 865. The van der Waals surface area contributed by atoms with E-state index in [4.69, 9.17) is 17.3 Å². The van der Waals surface area contributed by atoms with E-state index in [0.29, 0.717) is 18.0 Å². The summed E-state index contributed by atoms with van der Waals surface area (Å²) in [6, 6.07) is 31.0. The van der Waals surface area contributed by atoms with E-state index in [9.17, 15) is 0 Å². The maximum atomic E-state index is 6.30. The largest absolute Gasteiger partial charge is 0.328 e. The second-order valence-corrected chi connectivity index (χ2v) is 8.94. The smallest absolute Gasteiger partial charge is 0.0409 e. The van der Waals surface area contributed by atoms with Crippen molar-refractivity contribution in [3.05, 3.63) is 107 Å². The summed E-state index contributed by atoms with van der Waals surface area (Å²) in [6.07, 6.45) is 4.55. The van der Waals surface area contributed by atoms with Crippen LogP contribution in [0.1, 0.15) is 48.3 Å². The fourth-order valence-corrected chi connectivity index (χ4v) is 4.90. The molecule has 2 nitrogen and oxygen atoms in total. The highest BCUT2D eigenvalue weighted by Crippen LogP contribution is 2.31. The quantitative estimate of drug-likeness (QED) is 0.491. The molecule has 0 radical (unpaired) electrons. The molecule has 0 spiro atoms. The monoisotopic (exact) mass is 418 g/mol. The van der Waals surface area contributed by atoms with Gasteiger partial charge in [-0.3, -0.25) is 4.90 Å². The van der Waals surface area contributed by atoms with Gasteiger partial charge in [-0.2, -0.15) is 0 Å². The van der Waals surface area contributed by atoms with Crippen LogP contribution in [-0.2, 0) is 6.54 Å². The van der Waals surface area contributed by atoms with Gasteiger partial charge in [-0.05, 0) is 54.5 Å². The van der Waals surface area contributed by atoms with Gasteiger partial charge in [0.25, 0.3) is 0 Å². The number of hydrogen-bond donors (Lipinski definition) is 1. The lowest BCUT2D eigenvalue weighted by Gasteiger charge is -2.38. The third kappa shape index (κ3) is 5.51. The topological polar surface area (TPSA) is 29.3 Å². The standard InChI is InChI=1S/C27H31ClN2/c28-24-13-7-8-21(18-24)19-30(26-16-14-25(29)15-17-26)20-27(22-9-3-1-4-10-22)23-11-5-2-6-12-23/h1-13,18,25-27H,14-17,19-20,29H2. The van der Waals surface area contributed by atoms with E-state index in [2.05, 4.69) is 83.8 Å². The van der Waals surface area contributed by atoms with Gasteiger partial charge in [0.05, 0.1) is 0 Å². The Hall–Kier alpha value is -2.13. The molecule has 0 heterocycles. The van der Waals surface area contributed by atoms with Crippen LogP contribution in [0.15, 0.2) is 84.9 Å². The molecule has 0 amide bonds. The summed E-state index contributed by atoms with van der Waals surface area (Å²) in [6.45, 7) is 1.90. The molecule has 156 valence electrons. The first kappa shape index (κ1) is 21.1. The first-order valence-electron chi connectivity index (χ1n) is 11.0. The van der Waals surface area contributed by atoms with Gasteiger partial charge in [-0.15, -0.1) is 0 Å². The summed E-state index contributed by atoms with van der Waals surface area (Å²) >= 11 is 6.30. The Labute approximate surface area is 185 Å². The summed E-state index contributed by atoms with van der Waals surface area (Å²) in [5.41, 5.74) is 10.2. The van der Waals surface area contributed by atoms with E-state index >= 15 is 0 Å². The molecule has 0 aliphatic heterocycles. The Morgan fingerprint density at radius 3 is 1.97 bits per heavy atom. The molecule has 4 rings (SSSR count). The molecule has 0 aromatic heterocycles. The van der Waals surface area contributed by atoms with Crippen molar-refractivity contribution in [3.63, 3.8) is 0 Å². The minimum atomic E-state index is 0.335. The zero-order chi connectivity index (χ0) is 20.8. The van der Waals surface area contributed by atoms with Gasteiger partial charge in [0.15, 0.2) is 0 Å². The summed E-state index contributed by atoms with van der Waals surface area (Å²) in [7, 11) is 0. The first-order chi connectivity index (χ1) is 14.7. The number of rotatable bonds is 7. The molecule has 1 aliphatic carbocycles. The number of nitrogens with two attached hydrogens (primary N) is 1. The molecule has 0 atom stereocenters. The Balaban J connectivity index is 1.63. The minimum Gasteiger partial charge on any atom is -0.328 e. The highest BCUT2D eigenvalue weighted by atomic mass is 35.5. The zero-order valence-corrected chi connectivity index (χ0v) is 18.2. The van der Waals surface area contributed by atoms with Gasteiger partial charge in [0, 0.05) is 36.1 Å². The van der Waals surface area contributed by atoms with Crippen molar-refractivity contribution in [1.29, 1.82) is 0 Å². The molecular formula is C27H31ClN2. The molecule has 0 unspecified atom stereocenters. The van der Waals surface area contributed by atoms with Gasteiger partial charge in [0.2, 0.25) is 0 Å². The van der Waals surface area contributed by atoms with Crippen molar-refractivity contribution < 1.29 is 0 Å². The number of hydrogen-bond acceptors (Lipinski definition) is 2. The third-order valence-electron chi connectivity index (χ3n) is 6.35. The fourth-order valence-electron chi connectivity index (χ4n) is 4.69. The van der Waals surface area contributed by atoms with Crippen LogP contribution >= 0.6 is 11.6 Å². The van der Waals surface area contributed by atoms with Crippen LogP contribution in [-0.4, -0.2) is 23.5 Å². The molecule has 0 bridgehead atoms. The third-order valence-corrected chi connectivity index (χ3v) is 6.59.